The second-order valence-corrected chi connectivity index (χ2v) is 4.05. The monoisotopic (exact) mass is 215 g/mol. The highest BCUT2D eigenvalue weighted by Gasteiger charge is 2.06. The lowest BCUT2D eigenvalue weighted by Crippen LogP contribution is -1.91. The van der Waals surface area contributed by atoms with E-state index in [1.807, 2.05) is 13.2 Å². The van der Waals surface area contributed by atoms with Gasteiger partial charge in [0.2, 0.25) is 0 Å². The van der Waals surface area contributed by atoms with Crippen molar-refractivity contribution >= 4 is 5.82 Å². The van der Waals surface area contributed by atoms with Crippen molar-refractivity contribution in [3.8, 4) is 11.1 Å². The first-order valence-electron chi connectivity index (χ1n) is 5.59. The highest BCUT2D eigenvalue weighted by Crippen LogP contribution is 2.24. The van der Waals surface area contributed by atoms with Crippen LogP contribution in [0.25, 0.3) is 11.1 Å². The van der Waals surface area contributed by atoms with Crippen molar-refractivity contribution in [1.82, 2.24) is 9.78 Å². The van der Waals surface area contributed by atoms with Crippen molar-refractivity contribution in [2.45, 2.75) is 19.8 Å². The maximum absolute atomic E-state index is 5.84. The molecule has 0 fully saturated rings. The fraction of sp³-hybridized carbons (Fsp3) is 0.308. The second-order valence-electron chi connectivity index (χ2n) is 4.05. The van der Waals surface area contributed by atoms with Gasteiger partial charge in [0.25, 0.3) is 0 Å². The van der Waals surface area contributed by atoms with Gasteiger partial charge in [0.05, 0.1) is 0 Å². The summed E-state index contributed by atoms with van der Waals surface area (Å²) in [5.74, 6) is 0.589. The van der Waals surface area contributed by atoms with E-state index >= 15 is 0 Å². The minimum Gasteiger partial charge on any atom is -0.382 e. The van der Waals surface area contributed by atoms with Crippen LogP contribution >= 0.6 is 0 Å². The molecule has 16 heavy (non-hydrogen) atoms. The number of rotatable bonds is 3. The van der Waals surface area contributed by atoms with E-state index < -0.39 is 0 Å². The summed E-state index contributed by atoms with van der Waals surface area (Å²) >= 11 is 0. The molecule has 0 unspecified atom stereocenters. The fourth-order valence-electron chi connectivity index (χ4n) is 1.87. The number of hydrogen-bond acceptors (Lipinski definition) is 2. The molecule has 0 aliphatic heterocycles. The van der Waals surface area contributed by atoms with Crippen molar-refractivity contribution in [1.29, 1.82) is 0 Å². The maximum atomic E-state index is 5.84. The van der Waals surface area contributed by atoms with Gasteiger partial charge in [-0.1, -0.05) is 37.6 Å². The Morgan fingerprint density at radius 1 is 1.25 bits per heavy atom. The van der Waals surface area contributed by atoms with E-state index in [4.69, 9.17) is 5.73 Å². The van der Waals surface area contributed by atoms with Gasteiger partial charge in [0.15, 0.2) is 5.82 Å². The summed E-state index contributed by atoms with van der Waals surface area (Å²) in [5, 5.41) is 4.14. The molecule has 0 aliphatic rings. The Hall–Kier alpha value is -1.77. The Kier molecular flexibility index (Phi) is 2.95. The smallest absolute Gasteiger partial charge is 0.153 e. The van der Waals surface area contributed by atoms with Crippen LogP contribution in [-0.2, 0) is 13.5 Å². The predicted molar refractivity (Wildman–Crippen MR) is 67.1 cm³/mol. The third kappa shape index (κ3) is 2.08. The number of nitrogens with zero attached hydrogens (tertiary/aromatic N) is 2. The molecule has 0 saturated heterocycles. The largest absolute Gasteiger partial charge is 0.382 e. The first-order valence-corrected chi connectivity index (χ1v) is 5.59. The normalized spacial score (nSPS) is 10.6. The zero-order valence-electron chi connectivity index (χ0n) is 9.77. The lowest BCUT2D eigenvalue weighted by atomic mass is 10.0. The molecule has 0 spiro atoms. The molecule has 0 atom stereocenters. The van der Waals surface area contributed by atoms with Crippen LogP contribution < -0.4 is 5.73 Å². The summed E-state index contributed by atoms with van der Waals surface area (Å²) in [5.41, 5.74) is 9.34. The van der Waals surface area contributed by atoms with Gasteiger partial charge in [0, 0.05) is 18.8 Å². The van der Waals surface area contributed by atoms with E-state index in [0.717, 1.165) is 17.5 Å². The predicted octanol–water partition coefficient (Wildman–Crippen LogP) is 2.62. The summed E-state index contributed by atoms with van der Waals surface area (Å²) in [6.07, 6.45) is 4.25. The molecule has 2 rings (SSSR count). The summed E-state index contributed by atoms with van der Waals surface area (Å²) in [6, 6.07) is 8.54. The number of nitrogen functional groups attached to an aromatic ring is 1. The summed E-state index contributed by atoms with van der Waals surface area (Å²) < 4.78 is 1.74. The van der Waals surface area contributed by atoms with Crippen LogP contribution in [-0.4, -0.2) is 9.78 Å². The Balaban J connectivity index is 2.31. The average Bonchev–Trinajstić information content (AvgIpc) is 2.59. The van der Waals surface area contributed by atoms with Crippen molar-refractivity contribution in [2.24, 2.45) is 7.05 Å². The van der Waals surface area contributed by atoms with Crippen molar-refractivity contribution in [3.63, 3.8) is 0 Å². The second kappa shape index (κ2) is 4.39. The molecular weight excluding hydrogens is 198 g/mol. The molecule has 2 aromatic rings. The van der Waals surface area contributed by atoms with Crippen molar-refractivity contribution in [2.75, 3.05) is 5.73 Å². The van der Waals surface area contributed by atoms with E-state index in [9.17, 15) is 0 Å². The first-order chi connectivity index (χ1) is 7.70. The molecule has 0 radical (unpaired) electrons. The zero-order valence-corrected chi connectivity index (χ0v) is 9.77. The first kappa shape index (κ1) is 10.7. The van der Waals surface area contributed by atoms with Gasteiger partial charge >= 0.3 is 0 Å². The Labute approximate surface area is 95.9 Å². The van der Waals surface area contributed by atoms with Gasteiger partial charge < -0.3 is 5.73 Å². The number of hydrogen-bond donors (Lipinski definition) is 1. The molecule has 2 N–H and O–H groups in total. The topological polar surface area (TPSA) is 43.8 Å². The van der Waals surface area contributed by atoms with Crippen LogP contribution in [0.2, 0.25) is 0 Å². The van der Waals surface area contributed by atoms with E-state index in [0.29, 0.717) is 5.82 Å². The fourth-order valence-corrected chi connectivity index (χ4v) is 1.87. The third-order valence-corrected chi connectivity index (χ3v) is 2.66. The third-order valence-electron chi connectivity index (χ3n) is 2.66. The SMILES string of the molecule is CCCc1ccc(-c2cn(C)nc2N)cc1. The van der Waals surface area contributed by atoms with Gasteiger partial charge in [-0.15, -0.1) is 0 Å². The lowest BCUT2D eigenvalue weighted by molar-refractivity contribution is 0.772. The zero-order chi connectivity index (χ0) is 11.5. The molecular formula is C13H17N3. The highest BCUT2D eigenvalue weighted by atomic mass is 15.3. The maximum Gasteiger partial charge on any atom is 0.153 e. The minimum absolute atomic E-state index is 0.589. The molecule has 1 aromatic heterocycles. The summed E-state index contributed by atoms with van der Waals surface area (Å²) in [7, 11) is 1.88. The van der Waals surface area contributed by atoms with Gasteiger partial charge in [-0.25, -0.2) is 0 Å². The Morgan fingerprint density at radius 2 is 1.94 bits per heavy atom. The minimum atomic E-state index is 0.589. The molecule has 1 heterocycles. The molecule has 0 amide bonds. The number of nitrogens with two attached hydrogens (primary N) is 1. The number of aromatic nitrogens is 2. The molecule has 84 valence electrons. The molecule has 0 bridgehead atoms. The van der Waals surface area contributed by atoms with Crippen LogP contribution in [0.1, 0.15) is 18.9 Å². The molecule has 3 nitrogen and oxygen atoms in total. The van der Waals surface area contributed by atoms with E-state index in [1.165, 1.54) is 12.0 Å². The quantitative estimate of drug-likeness (QED) is 0.855. The molecule has 0 saturated carbocycles. The molecule has 1 aromatic carbocycles. The van der Waals surface area contributed by atoms with Crippen molar-refractivity contribution in [3.05, 3.63) is 36.0 Å². The Morgan fingerprint density at radius 3 is 2.44 bits per heavy atom. The van der Waals surface area contributed by atoms with Crippen molar-refractivity contribution < 1.29 is 0 Å². The lowest BCUT2D eigenvalue weighted by Gasteiger charge is -2.01. The molecule has 3 heteroatoms. The van der Waals surface area contributed by atoms with Crippen LogP contribution in [0.4, 0.5) is 5.82 Å². The summed E-state index contributed by atoms with van der Waals surface area (Å²) in [6.45, 7) is 2.19. The Bertz CT molecular complexity index is 468. The number of aryl methyl sites for hydroxylation is 2. The van der Waals surface area contributed by atoms with Crippen LogP contribution in [0.15, 0.2) is 30.5 Å². The van der Waals surface area contributed by atoms with Crippen LogP contribution in [0.3, 0.4) is 0 Å². The van der Waals surface area contributed by atoms with E-state index in [1.54, 1.807) is 4.68 Å². The van der Waals surface area contributed by atoms with Gasteiger partial charge in [-0.3, -0.25) is 4.68 Å². The van der Waals surface area contributed by atoms with E-state index in [-0.39, 0.29) is 0 Å². The average molecular weight is 215 g/mol. The van der Waals surface area contributed by atoms with E-state index in [2.05, 4.69) is 36.3 Å². The molecule has 0 aliphatic carbocycles. The van der Waals surface area contributed by atoms with Crippen LogP contribution in [0, 0.1) is 0 Å². The highest BCUT2D eigenvalue weighted by molar-refractivity contribution is 5.73. The van der Waals surface area contributed by atoms with Gasteiger partial charge in [-0.05, 0) is 17.5 Å². The van der Waals surface area contributed by atoms with Crippen LogP contribution in [0.5, 0.6) is 0 Å². The van der Waals surface area contributed by atoms with Gasteiger partial charge in [0.1, 0.15) is 0 Å². The van der Waals surface area contributed by atoms with Gasteiger partial charge in [-0.2, -0.15) is 5.10 Å². The number of benzene rings is 1. The standard InChI is InChI=1S/C13H17N3/c1-3-4-10-5-7-11(8-6-10)12-9-16(2)15-13(12)14/h5-9H,3-4H2,1-2H3,(H2,14,15). The number of anilines is 1. The summed E-state index contributed by atoms with van der Waals surface area (Å²) in [4.78, 5) is 0.